The molecule has 2 N–H and O–H groups in total. The molecular formula is C15H24N2O3. The third kappa shape index (κ3) is 6.12. The number of aliphatic hydroxyl groups is 1. The van der Waals surface area contributed by atoms with Gasteiger partial charge in [-0.25, -0.2) is 0 Å². The van der Waals surface area contributed by atoms with E-state index in [0.29, 0.717) is 12.1 Å². The van der Waals surface area contributed by atoms with Crippen molar-refractivity contribution in [3.05, 3.63) is 39.9 Å². The van der Waals surface area contributed by atoms with Gasteiger partial charge in [-0.05, 0) is 36.6 Å². The van der Waals surface area contributed by atoms with Crippen LogP contribution in [0, 0.1) is 16.0 Å². The second-order valence-electron chi connectivity index (χ2n) is 5.46. The lowest BCUT2D eigenvalue weighted by molar-refractivity contribution is -0.384. The highest BCUT2D eigenvalue weighted by Crippen LogP contribution is 2.17. The lowest BCUT2D eigenvalue weighted by Gasteiger charge is -2.12. The number of nitro groups is 1. The fourth-order valence-electron chi connectivity index (χ4n) is 1.98. The molecule has 0 bridgehead atoms. The van der Waals surface area contributed by atoms with E-state index in [9.17, 15) is 15.2 Å². The summed E-state index contributed by atoms with van der Waals surface area (Å²) in [4.78, 5) is 10.1. The zero-order valence-electron chi connectivity index (χ0n) is 12.2. The molecule has 1 rings (SSSR count). The number of hydrogen-bond donors (Lipinski definition) is 2. The molecule has 0 fully saturated rings. The van der Waals surface area contributed by atoms with E-state index in [0.717, 1.165) is 18.9 Å². The summed E-state index contributed by atoms with van der Waals surface area (Å²) < 4.78 is 0. The Morgan fingerprint density at radius 2 is 1.90 bits per heavy atom. The number of nitro benzene ring substituents is 1. The van der Waals surface area contributed by atoms with E-state index in [4.69, 9.17) is 0 Å². The van der Waals surface area contributed by atoms with E-state index >= 15 is 0 Å². The number of non-ortho nitro benzene ring substituents is 1. The third-order valence-corrected chi connectivity index (χ3v) is 3.21. The van der Waals surface area contributed by atoms with Crippen LogP contribution in [0.5, 0.6) is 0 Å². The summed E-state index contributed by atoms with van der Waals surface area (Å²) in [7, 11) is 0. The second-order valence-corrected chi connectivity index (χ2v) is 5.46. The Kier molecular flexibility index (Phi) is 7.18. The molecule has 0 saturated carbocycles. The zero-order chi connectivity index (χ0) is 15.0. The van der Waals surface area contributed by atoms with Crippen molar-refractivity contribution >= 4 is 5.69 Å². The summed E-state index contributed by atoms with van der Waals surface area (Å²) in [6, 6.07) is 6.04. The summed E-state index contributed by atoms with van der Waals surface area (Å²) in [6.45, 7) is 5.79. The molecule has 0 amide bonds. The molecule has 1 unspecified atom stereocenters. The Hall–Kier alpha value is -1.46. The summed E-state index contributed by atoms with van der Waals surface area (Å²) in [5, 5.41) is 23.7. The number of benzene rings is 1. The van der Waals surface area contributed by atoms with Gasteiger partial charge in [-0.2, -0.15) is 0 Å². The van der Waals surface area contributed by atoms with Gasteiger partial charge in [0.1, 0.15) is 0 Å². The highest BCUT2D eigenvalue weighted by molar-refractivity contribution is 5.33. The standard InChI is InChI=1S/C15H24N2O3/c1-12(2)5-3-4-10-16-11-15(18)13-6-8-14(9-7-13)17(19)20/h6-9,12,15-16,18H,3-5,10-11H2,1-2H3. The molecule has 0 heterocycles. The van der Waals surface area contributed by atoms with Crippen LogP contribution in [0.2, 0.25) is 0 Å². The van der Waals surface area contributed by atoms with Crippen molar-refractivity contribution in [3.63, 3.8) is 0 Å². The molecule has 0 saturated heterocycles. The van der Waals surface area contributed by atoms with E-state index < -0.39 is 11.0 Å². The predicted molar refractivity (Wildman–Crippen MR) is 79.6 cm³/mol. The number of aliphatic hydroxyl groups excluding tert-OH is 1. The molecule has 0 aliphatic rings. The average molecular weight is 280 g/mol. The van der Waals surface area contributed by atoms with E-state index in [2.05, 4.69) is 19.2 Å². The van der Waals surface area contributed by atoms with Crippen LogP contribution in [-0.2, 0) is 0 Å². The SMILES string of the molecule is CC(C)CCCCNCC(O)c1ccc([N+](=O)[O-])cc1. The fraction of sp³-hybridized carbons (Fsp3) is 0.600. The molecule has 0 aliphatic carbocycles. The molecule has 112 valence electrons. The van der Waals surface area contributed by atoms with Crippen LogP contribution < -0.4 is 5.32 Å². The minimum Gasteiger partial charge on any atom is -0.387 e. The quantitative estimate of drug-likeness (QED) is 0.414. The molecule has 5 heteroatoms. The van der Waals surface area contributed by atoms with Crippen molar-refractivity contribution in [2.75, 3.05) is 13.1 Å². The van der Waals surface area contributed by atoms with E-state index in [1.165, 1.54) is 25.0 Å². The van der Waals surface area contributed by atoms with Crippen LogP contribution in [0.15, 0.2) is 24.3 Å². The maximum atomic E-state index is 10.5. The Morgan fingerprint density at radius 1 is 1.25 bits per heavy atom. The molecule has 5 nitrogen and oxygen atoms in total. The maximum absolute atomic E-state index is 10.5. The molecule has 0 aliphatic heterocycles. The molecule has 0 spiro atoms. The first kappa shape index (κ1) is 16.6. The van der Waals surface area contributed by atoms with Gasteiger partial charge in [0.25, 0.3) is 5.69 Å². The van der Waals surface area contributed by atoms with Crippen molar-refractivity contribution in [2.24, 2.45) is 5.92 Å². The van der Waals surface area contributed by atoms with Gasteiger partial charge in [0, 0.05) is 18.7 Å². The highest BCUT2D eigenvalue weighted by Gasteiger charge is 2.09. The van der Waals surface area contributed by atoms with Gasteiger partial charge >= 0.3 is 0 Å². The van der Waals surface area contributed by atoms with Crippen molar-refractivity contribution in [2.45, 2.75) is 39.2 Å². The fourth-order valence-corrected chi connectivity index (χ4v) is 1.98. The Bertz CT molecular complexity index is 404. The first-order valence-corrected chi connectivity index (χ1v) is 7.14. The Morgan fingerprint density at radius 3 is 2.45 bits per heavy atom. The van der Waals surface area contributed by atoms with Gasteiger partial charge in [0.2, 0.25) is 0 Å². The molecule has 0 radical (unpaired) electrons. The van der Waals surface area contributed by atoms with Crippen LogP contribution in [0.1, 0.15) is 44.8 Å². The number of nitrogens with one attached hydrogen (secondary N) is 1. The van der Waals surface area contributed by atoms with Crippen LogP contribution in [0.3, 0.4) is 0 Å². The summed E-state index contributed by atoms with van der Waals surface area (Å²) in [5.41, 5.74) is 0.743. The molecule has 20 heavy (non-hydrogen) atoms. The Labute approximate surface area is 120 Å². The number of nitrogens with zero attached hydrogens (tertiary/aromatic N) is 1. The second kappa shape index (κ2) is 8.66. The van der Waals surface area contributed by atoms with E-state index in [-0.39, 0.29) is 5.69 Å². The van der Waals surface area contributed by atoms with Crippen molar-refractivity contribution in [1.29, 1.82) is 0 Å². The minimum atomic E-state index is -0.624. The highest BCUT2D eigenvalue weighted by atomic mass is 16.6. The zero-order valence-corrected chi connectivity index (χ0v) is 12.2. The summed E-state index contributed by atoms with van der Waals surface area (Å²) >= 11 is 0. The van der Waals surface area contributed by atoms with Crippen molar-refractivity contribution in [1.82, 2.24) is 5.32 Å². The summed E-state index contributed by atoms with van der Waals surface area (Å²) in [6.07, 6.45) is 2.90. The lowest BCUT2D eigenvalue weighted by Crippen LogP contribution is -2.22. The number of unbranched alkanes of at least 4 members (excludes halogenated alkanes) is 1. The summed E-state index contributed by atoms with van der Waals surface area (Å²) in [5.74, 6) is 0.737. The van der Waals surface area contributed by atoms with Gasteiger partial charge in [-0.15, -0.1) is 0 Å². The monoisotopic (exact) mass is 280 g/mol. The predicted octanol–water partition coefficient (Wildman–Crippen LogP) is 3.04. The van der Waals surface area contributed by atoms with Crippen molar-refractivity contribution < 1.29 is 10.0 Å². The van der Waals surface area contributed by atoms with Crippen LogP contribution >= 0.6 is 0 Å². The average Bonchev–Trinajstić information content (AvgIpc) is 2.42. The maximum Gasteiger partial charge on any atom is 0.269 e. The molecule has 1 aromatic rings. The van der Waals surface area contributed by atoms with Gasteiger partial charge in [0.05, 0.1) is 11.0 Å². The number of rotatable bonds is 9. The largest absolute Gasteiger partial charge is 0.387 e. The normalized spacial score (nSPS) is 12.6. The van der Waals surface area contributed by atoms with Crippen LogP contribution in [-0.4, -0.2) is 23.1 Å². The smallest absolute Gasteiger partial charge is 0.269 e. The van der Waals surface area contributed by atoms with Gasteiger partial charge < -0.3 is 10.4 Å². The lowest BCUT2D eigenvalue weighted by atomic mass is 10.1. The topological polar surface area (TPSA) is 75.4 Å². The first-order valence-electron chi connectivity index (χ1n) is 7.14. The number of hydrogen-bond acceptors (Lipinski definition) is 4. The minimum absolute atomic E-state index is 0.0441. The van der Waals surface area contributed by atoms with Gasteiger partial charge in [-0.3, -0.25) is 10.1 Å². The van der Waals surface area contributed by atoms with Gasteiger partial charge in [-0.1, -0.05) is 26.7 Å². The van der Waals surface area contributed by atoms with Crippen LogP contribution in [0.25, 0.3) is 0 Å². The molecule has 1 atom stereocenters. The van der Waals surface area contributed by atoms with Gasteiger partial charge in [0.15, 0.2) is 0 Å². The van der Waals surface area contributed by atoms with E-state index in [1.807, 2.05) is 0 Å². The molecule has 0 aromatic heterocycles. The van der Waals surface area contributed by atoms with Crippen LogP contribution in [0.4, 0.5) is 5.69 Å². The van der Waals surface area contributed by atoms with Crippen molar-refractivity contribution in [3.8, 4) is 0 Å². The molecular weight excluding hydrogens is 256 g/mol. The van der Waals surface area contributed by atoms with E-state index in [1.54, 1.807) is 12.1 Å². The Balaban J connectivity index is 2.25. The third-order valence-electron chi connectivity index (χ3n) is 3.21. The molecule has 1 aromatic carbocycles. The first-order chi connectivity index (χ1) is 9.50.